The van der Waals surface area contributed by atoms with Gasteiger partial charge in [-0.3, -0.25) is 9.59 Å². The molecular weight excluding hydrogens is 426 g/mol. The molecule has 1 spiro atoms. The van der Waals surface area contributed by atoms with Crippen molar-refractivity contribution in [3.05, 3.63) is 40.6 Å². The molecule has 4 rings (SSSR count). The number of rotatable bonds is 8. The number of esters is 1. The summed E-state index contributed by atoms with van der Waals surface area (Å²) in [4.78, 5) is 32.7. The Kier molecular flexibility index (Phi) is 6.64. The molecule has 0 aromatic heterocycles. The van der Waals surface area contributed by atoms with E-state index < -0.39 is 11.3 Å². The molecule has 0 unspecified atom stereocenters. The molecule has 8 heteroatoms. The second-order valence-corrected chi connectivity index (χ2v) is 9.15. The number of hydrogen-bond donors (Lipinski definition) is 0. The molecule has 1 amide bonds. The van der Waals surface area contributed by atoms with E-state index in [-0.39, 0.29) is 24.6 Å². The Morgan fingerprint density at radius 1 is 1.03 bits per heavy atom. The second kappa shape index (κ2) is 9.18. The third-order valence-electron chi connectivity index (χ3n) is 7.16. The highest BCUT2D eigenvalue weighted by atomic mass is 16.8. The van der Waals surface area contributed by atoms with Gasteiger partial charge in [-0.25, -0.2) is 9.90 Å². The Bertz CT molecular complexity index is 931. The quantitative estimate of drug-likeness (QED) is 0.433. The van der Waals surface area contributed by atoms with Crippen LogP contribution in [-0.4, -0.2) is 56.4 Å². The van der Waals surface area contributed by atoms with Gasteiger partial charge in [0.25, 0.3) is 5.91 Å². The van der Waals surface area contributed by atoms with Crippen LogP contribution in [0.2, 0.25) is 0 Å². The number of carbonyl (C=O) groups excluding carboxylic acids is 2. The van der Waals surface area contributed by atoms with Crippen LogP contribution in [-0.2, 0) is 33.4 Å². The zero-order chi connectivity index (χ0) is 23.8. The van der Waals surface area contributed by atoms with Crippen molar-refractivity contribution in [3.63, 3.8) is 0 Å². The minimum absolute atomic E-state index is 0.100. The molecule has 180 valence electrons. The Hall–Kier alpha value is -2.26. The molecular formula is C25H33NO7. The number of aryl methyl sites for hydroxylation is 2. The van der Waals surface area contributed by atoms with Gasteiger partial charge in [-0.1, -0.05) is 18.2 Å². The molecule has 33 heavy (non-hydrogen) atoms. The predicted octanol–water partition coefficient (Wildman–Crippen LogP) is 3.65. The van der Waals surface area contributed by atoms with Crippen molar-refractivity contribution >= 4 is 17.4 Å². The van der Waals surface area contributed by atoms with E-state index in [9.17, 15) is 9.59 Å². The lowest BCUT2D eigenvalue weighted by molar-refractivity contribution is -0.276. The average Bonchev–Trinajstić information content (AvgIpc) is 3.64. The monoisotopic (exact) mass is 459 g/mol. The standard InChI is InChI=1S/C25H33NO7/c1-16-7-6-8-17(2)19(16)20-21(33-23(28)18-9-10-18)24(26(22(20)27)32-15-29-3)11-13-25(30-4,31-5)14-12-24/h6-8,18H,9-15H2,1-5H3. The van der Waals surface area contributed by atoms with Gasteiger partial charge in [-0.05, 0) is 56.2 Å². The first kappa shape index (κ1) is 23.9. The van der Waals surface area contributed by atoms with E-state index in [0.29, 0.717) is 37.0 Å². The van der Waals surface area contributed by atoms with Gasteiger partial charge in [-0.2, -0.15) is 0 Å². The summed E-state index contributed by atoms with van der Waals surface area (Å²) in [5, 5.41) is 1.36. The maximum Gasteiger partial charge on any atom is 0.314 e. The highest BCUT2D eigenvalue weighted by molar-refractivity contribution is 6.23. The van der Waals surface area contributed by atoms with Crippen molar-refractivity contribution in [3.8, 4) is 0 Å². The van der Waals surface area contributed by atoms with Crippen LogP contribution in [0.25, 0.3) is 5.57 Å². The van der Waals surface area contributed by atoms with E-state index in [4.69, 9.17) is 23.8 Å². The summed E-state index contributed by atoms with van der Waals surface area (Å²) < 4.78 is 22.6. The Morgan fingerprint density at radius 2 is 1.64 bits per heavy atom. The third kappa shape index (κ3) is 4.10. The summed E-state index contributed by atoms with van der Waals surface area (Å²) in [6.45, 7) is 3.81. The molecule has 2 aliphatic carbocycles. The fourth-order valence-corrected chi connectivity index (χ4v) is 5.05. The molecule has 2 saturated carbocycles. The molecule has 1 aromatic rings. The predicted molar refractivity (Wildman–Crippen MR) is 119 cm³/mol. The van der Waals surface area contributed by atoms with E-state index in [1.54, 1.807) is 14.2 Å². The minimum atomic E-state index is -0.954. The van der Waals surface area contributed by atoms with Crippen molar-refractivity contribution in [1.29, 1.82) is 0 Å². The highest BCUT2D eigenvalue weighted by Gasteiger charge is 2.59. The van der Waals surface area contributed by atoms with Gasteiger partial charge < -0.3 is 18.9 Å². The number of benzene rings is 1. The number of methoxy groups -OCH3 is 3. The molecule has 1 aromatic carbocycles. The molecule has 1 aliphatic heterocycles. The van der Waals surface area contributed by atoms with Crippen molar-refractivity contribution in [2.45, 2.75) is 63.7 Å². The van der Waals surface area contributed by atoms with Crippen molar-refractivity contribution in [1.82, 2.24) is 5.06 Å². The molecule has 0 N–H and O–H groups in total. The topological polar surface area (TPSA) is 83.5 Å². The molecule has 3 aliphatic rings. The van der Waals surface area contributed by atoms with Gasteiger partial charge in [0, 0.05) is 34.2 Å². The Balaban J connectivity index is 1.86. The van der Waals surface area contributed by atoms with Crippen LogP contribution >= 0.6 is 0 Å². The Morgan fingerprint density at radius 3 is 2.15 bits per heavy atom. The zero-order valence-corrected chi connectivity index (χ0v) is 20.1. The largest absolute Gasteiger partial charge is 0.427 e. The minimum Gasteiger partial charge on any atom is -0.427 e. The van der Waals surface area contributed by atoms with E-state index in [1.165, 1.54) is 12.2 Å². The molecule has 0 radical (unpaired) electrons. The second-order valence-electron chi connectivity index (χ2n) is 9.15. The van der Waals surface area contributed by atoms with Crippen LogP contribution in [0, 0.1) is 19.8 Å². The van der Waals surface area contributed by atoms with Gasteiger partial charge in [0.2, 0.25) is 0 Å². The lowest BCUT2D eigenvalue weighted by Crippen LogP contribution is -2.55. The van der Waals surface area contributed by atoms with Crippen LogP contribution in [0.5, 0.6) is 0 Å². The first-order chi connectivity index (χ1) is 15.8. The van der Waals surface area contributed by atoms with Gasteiger partial charge in [0.1, 0.15) is 11.3 Å². The molecule has 1 heterocycles. The van der Waals surface area contributed by atoms with Gasteiger partial charge in [-0.15, -0.1) is 0 Å². The van der Waals surface area contributed by atoms with Crippen molar-refractivity contribution < 1.29 is 33.4 Å². The Labute approximate surface area is 194 Å². The number of amides is 1. The summed E-state index contributed by atoms with van der Waals surface area (Å²) in [5.74, 6) is -1.11. The van der Waals surface area contributed by atoms with Crippen LogP contribution < -0.4 is 0 Å². The summed E-state index contributed by atoms with van der Waals surface area (Å²) in [5.41, 5.74) is 2.07. The number of ether oxygens (including phenoxy) is 4. The van der Waals surface area contributed by atoms with Gasteiger partial charge in [0.15, 0.2) is 12.6 Å². The van der Waals surface area contributed by atoms with Crippen LogP contribution in [0.1, 0.15) is 55.2 Å². The number of nitrogens with zero attached hydrogens (tertiary/aromatic N) is 1. The molecule has 0 saturated heterocycles. The SMILES string of the molecule is COCON1C(=O)C(c2c(C)cccc2C)=C(OC(=O)C2CC2)C12CCC(OC)(OC)CC2. The average molecular weight is 460 g/mol. The highest BCUT2D eigenvalue weighted by Crippen LogP contribution is 2.53. The lowest BCUT2D eigenvalue weighted by Gasteiger charge is -2.46. The molecule has 2 fully saturated rings. The fraction of sp³-hybridized carbons (Fsp3) is 0.600. The molecule has 0 bridgehead atoms. The first-order valence-corrected chi connectivity index (χ1v) is 11.4. The molecule has 0 atom stereocenters. The van der Waals surface area contributed by atoms with Crippen LogP contribution in [0.4, 0.5) is 0 Å². The van der Waals surface area contributed by atoms with Crippen molar-refractivity contribution in [2.75, 3.05) is 28.1 Å². The van der Waals surface area contributed by atoms with Crippen LogP contribution in [0.3, 0.4) is 0 Å². The van der Waals surface area contributed by atoms with E-state index in [2.05, 4.69) is 0 Å². The number of hydroxylamine groups is 2. The van der Waals surface area contributed by atoms with E-state index in [1.807, 2.05) is 32.0 Å². The normalized spacial score (nSPS) is 21.7. The summed E-state index contributed by atoms with van der Waals surface area (Å²) in [6.07, 6.45) is 3.53. The van der Waals surface area contributed by atoms with Gasteiger partial charge >= 0.3 is 5.97 Å². The lowest BCUT2D eigenvalue weighted by atomic mass is 9.77. The molecule has 8 nitrogen and oxygen atoms in total. The van der Waals surface area contributed by atoms with Gasteiger partial charge in [0.05, 0.1) is 11.5 Å². The van der Waals surface area contributed by atoms with E-state index >= 15 is 0 Å². The van der Waals surface area contributed by atoms with Crippen LogP contribution in [0.15, 0.2) is 24.0 Å². The third-order valence-corrected chi connectivity index (χ3v) is 7.16. The smallest absolute Gasteiger partial charge is 0.314 e. The number of carbonyl (C=O) groups is 2. The maximum absolute atomic E-state index is 13.9. The first-order valence-electron chi connectivity index (χ1n) is 11.4. The summed E-state index contributed by atoms with van der Waals surface area (Å²) in [7, 11) is 4.74. The summed E-state index contributed by atoms with van der Waals surface area (Å²) >= 11 is 0. The van der Waals surface area contributed by atoms with E-state index in [0.717, 1.165) is 29.5 Å². The van der Waals surface area contributed by atoms with Crippen molar-refractivity contribution in [2.24, 2.45) is 5.92 Å². The fourth-order valence-electron chi connectivity index (χ4n) is 5.05. The summed E-state index contributed by atoms with van der Waals surface area (Å²) in [6, 6.07) is 5.86. The number of hydrogen-bond acceptors (Lipinski definition) is 7. The zero-order valence-electron chi connectivity index (χ0n) is 20.1. The maximum atomic E-state index is 13.9.